The van der Waals surface area contributed by atoms with Gasteiger partial charge in [-0.15, -0.1) is 0 Å². The number of aliphatic hydroxyl groups excluding tert-OH is 1. The van der Waals surface area contributed by atoms with Gasteiger partial charge in [0, 0.05) is 6.54 Å². The van der Waals surface area contributed by atoms with Gasteiger partial charge in [-0.3, -0.25) is 0 Å². The summed E-state index contributed by atoms with van der Waals surface area (Å²) in [6.07, 6.45) is -12.7. The van der Waals surface area contributed by atoms with Crippen LogP contribution >= 0.6 is 0 Å². The van der Waals surface area contributed by atoms with Crippen molar-refractivity contribution in [2.24, 2.45) is 0 Å². The molecule has 1 rings (SSSR count). The van der Waals surface area contributed by atoms with Crippen LogP contribution in [0.3, 0.4) is 0 Å². The van der Waals surface area contributed by atoms with Crippen LogP contribution in [0.15, 0.2) is 0 Å². The molecule has 0 saturated heterocycles. The van der Waals surface area contributed by atoms with Crippen molar-refractivity contribution in [3.05, 3.63) is 0 Å². The van der Waals surface area contributed by atoms with Crippen molar-refractivity contribution in [3.63, 3.8) is 0 Å². The summed E-state index contributed by atoms with van der Waals surface area (Å²) in [5, 5.41) is 10.2. The van der Waals surface area contributed by atoms with E-state index in [9.17, 15) is 26.3 Å². The maximum absolute atomic E-state index is 12.2. The summed E-state index contributed by atoms with van der Waals surface area (Å²) < 4.78 is 72.0. The predicted octanol–water partition coefficient (Wildman–Crippen LogP) is 1.59. The lowest BCUT2D eigenvalue weighted by Gasteiger charge is -2.23. The van der Waals surface area contributed by atoms with Gasteiger partial charge in [-0.1, -0.05) is 0 Å². The minimum atomic E-state index is -4.89. The van der Waals surface area contributed by atoms with Crippen LogP contribution in [0.25, 0.3) is 0 Å². The Hall–Kier alpha value is -0.500. The van der Waals surface area contributed by atoms with Crippen molar-refractivity contribution < 1.29 is 31.4 Å². The SMILES string of the molecule is OC(CNC1(C(F)(F)F)CC1)C(F)(F)F. The molecule has 0 aromatic rings. The summed E-state index contributed by atoms with van der Waals surface area (Å²) in [6, 6.07) is 0. The lowest BCUT2D eigenvalue weighted by molar-refractivity contribution is -0.208. The van der Waals surface area contributed by atoms with Gasteiger partial charge in [0.25, 0.3) is 0 Å². The fourth-order valence-electron chi connectivity index (χ4n) is 1.09. The molecule has 1 aliphatic carbocycles. The first-order chi connectivity index (χ1) is 6.58. The highest BCUT2D eigenvalue weighted by atomic mass is 19.4. The van der Waals surface area contributed by atoms with Crippen LogP contribution in [0.1, 0.15) is 12.8 Å². The second-order valence-corrected chi connectivity index (χ2v) is 3.52. The lowest BCUT2D eigenvalue weighted by Crippen LogP contribution is -2.50. The Labute approximate surface area is 81.3 Å². The van der Waals surface area contributed by atoms with E-state index in [2.05, 4.69) is 0 Å². The van der Waals surface area contributed by atoms with E-state index in [-0.39, 0.29) is 12.8 Å². The van der Waals surface area contributed by atoms with Gasteiger partial charge < -0.3 is 10.4 Å². The largest absolute Gasteiger partial charge is 0.415 e. The average Bonchev–Trinajstić information content (AvgIpc) is 2.77. The van der Waals surface area contributed by atoms with Crippen molar-refractivity contribution in [2.75, 3.05) is 6.54 Å². The summed E-state index contributed by atoms with van der Waals surface area (Å²) >= 11 is 0. The number of alkyl halides is 6. The number of aliphatic hydroxyl groups is 1. The molecule has 1 atom stereocenters. The Morgan fingerprint density at radius 2 is 1.60 bits per heavy atom. The second kappa shape index (κ2) is 3.51. The molecule has 0 aliphatic heterocycles. The zero-order chi connectivity index (χ0) is 11.9. The van der Waals surface area contributed by atoms with E-state index in [1.165, 1.54) is 0 Å². The minimum Gasteiger partial charge on any atom is -0.382 e. The van der Waals surface area contributed by atoms with Gasteiger partial charge in [-0.2, -0.15) is 26.3 Å². The molecule has 0 radical (unpaired) electrons. The van der Waals surface area contributed by atoms with E-state index < -0.39 is 30.5 Å². The van der Waals surface area contributed by atoms with E-state index in [1.807, 2.05) is 0 Å². The zero-order valence-electron chi connectivity index (χ0n) is 7.41. The van der Waals surface area contributed by atoms with Gasteiger partial charge in [0.15, 0.2) is 6.10 Å². The topological polar surface area (TPSA) is 32.3 Å². The van der Waals surface area contributed by atoms with Crippen LogP contribution in [0, 0.1) is 0 Å². The first-order valence-electron chi connectivity index (χ1n) is 4.15. The molecule has 2 N–H and O–H groups in total. The lowest BCUT2D eigenvalue weighted by atomic mass is 10.2. The summed E-state index contributed by atoms with van der Waals surface area (Å²) in [7, 11) is 0. The highest BCUT2D eigenvalue weighted by Crippen LogP contribution is 2.48. The van der Waals surface area contributed by atoms with Crippen LogP contribution < -0.4 is 5.32 Å². The highest BCUT2D eigenvalue weighted by Gasteiger charge is 2.63. The van der Waals surface area contributed by atoms with Gasteiger partial charge in [0.05, 0.1) is 0 Å². The smallest absolute Gasteiger partial charge is 0.382 e. The maximum atomic E-state index is 12.2. The first kappa shape index (κ1) is 12.6. The number of halogens is 6. The van der Waals surface area contributed by atoms with E-state index >= 15 is 0 Å². The molecule has 1 aliphatic rings. The molecule has 0 aromatic carbocycles. The van der Waals surface area contributed by atoms with Gasteiger partial charge in [-0.25, -0.2) is 0 Å². The van der Waals surface area contributed by atoms with E-state index in [0.29, 0.717) is 0 Å². The number of β-amino-alcohol motifs (C(OH)–C–C–N with tert-alkyl or cyclic N) is 1. The van der Waals surface area contributed by atoms with Gasteiger partial charge in [-0.05, 0) is 12.8 Å². The molecule has 1 saturated carbocycles. The van der Waals surface area contributed by atoms with Gasteiger partial charge in [0.1, 0.15) is 5.54 Å². The Morgan fingerprint density at radius 3 is 1.87 bits per heavy atom. The molecule has 2 nitrogen and oxygen atoms in total. The maximum Gasteiger partial charge on any atom is 0.415 e. The third kappa shape index (κ3) is 2.75. The van der Waals surface area contributed by atoms with E-state index in [0.717, 1.165) is 0 Å². The fraction of sp³-hybridized carbons (Fsp3) is 1.00. The molecule has 0 spiro atoms. The molecular formula is C7H9F6NO. The number of hydrogen-bond acceptors (Lipinski definition) is 2. The molecule has 8 heteroatoms. The van der Waals surface area contributed by atoms with Crippen LogP contribution in [0.2, 0.25) is 0 Å². The van der Waals surface area contributed by atoms with Gasteiger partial charge >= 0.3 is 12.4 Å². The number of hydrogen-bond donors (Lipinski definition) is 2. The highest BCUT2D eigenvalue weighted by molar-refractivity contribution is 5.08. The Kier molecular flexibility index (Phi) is 2.94. The van der Waals surface area contributed by atoms with Crippen molar-refractivity contribution in [3.8, 4) is 0 Å². The van der Waals surface area contributed by atoms with Crippen molar-refractivity contribution in [2.45, 2.75) is 36.8 Å². The molecule has 1 fully saturated rings. The molecule has 0 amide bonds. The average molecular weight is 237 g/mol. The zero-order valence-corrected chi connectivity index (χ0v) is 7.41. The molecule has 1 unspecified atom stereocenters. The normalized spacial score (nSPS) is 22.6. The molecule has 0 aromatic heterocycles. The van der Waals surface area contributed by atoms with Gasteiger partial charge in [0.2, 0.25) is 0 Å². The molecule has 90 valence electrons. The van der Waals surface area contributed by atoms with Crippen LogP contribution in [-0.4, -0.2) is 35.6 Å². The van der Waals surface area contributed by atoms with Crippen molar-refractivity contribution in [1.82, 2.24) is 5.32 Å². The van der Waals surface area contributed by atoms with Crippen molar-refractivity contribution in [1.29, 1.82) is 0 Å². The minimum absolute atomic E-state index is 0.249. The van der Waals surface area contributed by atoms with Crippen LogP contribution in [0.4, 0.5) is 26.3 Å². The fourth-order valence-corrected chi connectivity index (χ4v) is 1.09. The summed E-state index contributed by atoms with van der Waals surface area (Å²) in [6.45, 7) is -1.14. The standard InChI is InChI=1S/C7H9F6NO/c8-6(9,10)4(15)3-14-5(1-2-5)7(11,12)13/h4,14-15H,1-3H2. The van der Waals surface area contributed by atoms with Crippen molar-refractivity contribution >= 4 is 0 Å². The second-order valence-electron chi connectivity index (χ2n) is 3.52. The first-order valence-corrected chi connectivity index (χ1v) is 4.15. The third-order valence-electron chi connectivity index (χ3n) is 2.30. The van der Waals surface area contributed by atoms with E-state index in [1.54, 1.807) is 5.32 Å². The number of rotatable bonds is 3. The monoisotopic (exact) mass is 237 g/mol. The van der Waals surface area contributed by atoms with E-state index in [4.69, 9.17) is 5.11 Å². The number of nitrogens with one attached hydrogen (secondary N) is 1. The third-order valence-corrected chi connectivity index (χ3v) is 2.30. The van der Waals surface area contributed by atoms with Crippen LogP contribution in [-0.2, 0) is 0 Å². The Morgan fingerprint density at radius 1 is 1.13 bits per heavy atom. The van der Waals surface area contributed by atoms with Crippen LogP contribution in [0.5, 0.6) is 0 Å². The summed E-state index contributed by atoms with van der Waals surface area (Å²) in [5.41, 5.74) is -2.22. The Bertz CT molecular complexity index is 231. The summed E-state index contributed by atoms with van der Waals surface area (Å²) in [5.74, 6) is 0. The molecule has 0 heterocycles. The Balaban J connectivity index is 2.45. The molecule has 0 bridgehead atoms. The molecular weight excluding hydrogens is 228 g/mol. The quantitative estimate of drug-likeness (QED) is 0.730. The predicted molar refractivity (Wildman–Crippen MR) is 38.1 cm³/mol. The summed E-state index contributed by atoms with van der Waals surface area (Å²) in [4.78, 5) is 0. The molecule has 15 heavy (non-hydrogen) atoms.